The first-order valence-electron chi connectivity index (χ1n) is 4.34. The van der Waals surface area contributed by atoms with Crippen LogP contribution in [0.1, 0.15) is 13.8 Å². The minimum absolute atomic E-state index is 0.375. The van der Waals surface area contributed by atoms with Gasteiger partial charge in [0.25, 0.3) is 0 Å². The number of rotatable bonds is 3. The zero-order chi connectivity index (χ0) is 11.5. The number of esters is 1. The summed E-state index contributed by atoms with van der Waals surface area (Å²) >= 11 is 3.29. The van der Waals surface area contributed by atoms with Crippen molar-refractivity contribution in [2.45, 2.75) is 19.4 Å². The molecule has 0 spiro atoms. The van der Waals surface area contributed by atoms with Crippen molar-refractivity contribution < 1.29 is 14.3 Å². The Balaban J connectivity index is 2.81. The van der Waals surface area contributed by atoms with E-state index in [2.05, 4.69) is 25.7 Å². The fourth-order valence-electron chi connectivity index (χ4n) is 0.990. The maximum Gasteiger partial charge on any atom is 0.349 e. The van der Waals surface area contributed by atoms with Crippen LogP contribution in [0, 0.1) is 0 Å². The number of methoxy groups -OCH3 is 1. The summed E-state index contributed by atoms with van der Waals surface area (Å²) in [6, 6.07) is 3.46. The van der Waals surface area contributed by atoms with Crippen molar-refractivity contribution in [2.24, 2.45) is 0 Å². The zero-order valence-corrected chi connectivity index (χ0v) is 10.4. The number of aromatic nitrogens is 1. The van der Waals surface area contributed by atoms with E-state index in [1.54, 1.807) is 32.2 Å². The van der Waals surface area contributed by atoms with Gasteiger partial charge >= 0.3 is 5.97 Å². The average molecular weight is 274 g/mol. The predicted molar refractivity (Wildman–Crippen MR) is 58.7 cm³/mol. The normalized spacial score (nSPS) is 10.9. The van der Waals surface area contributed by atoms with Gasteiger partial charge in [-0.15, -0.1) is 0 Å². The van der Waals surface area contributed by atoms with Gasteiger partial charge in [0.15, 0.2) is 0 Å². The SMILES string of the molecule is COC(=O)C(C)(C)Oc1cc(Br)ccn1. The molecule has 0 aliphatic rings. The summed E-state index contributed by atoms with van der Waals surface area (Å²) in [5.41, 5.74) is -1.04. The predicted octanol–water partition coefficient (Wildman–Crippen LogP) is 2.17. The Morgan fingerprint density at radius 3 is 2.73 bits per heavy atom. The summed E-state index contributed by atoms with van der Waals surface area (Å²) in [6.45, 7) is 3.25. The van der Waals surface area contributed by atoms with Crippen molar-refractivity contribution in [3.8, 4) is 5.88 Å². The van der Waals surface area contributed by atoms with Gasteiger partial charge in [-0.25, -0.2) is 9.78 Å². The Bertz CT molecular complexity index is 365. The van der Waals surface area contributed by atoms with Crippen molar-refractivity contribution in [3.63, 3.8) is 0 Å². The molecular formula is C10H12BrNO3. The molecule has 0 bridgehead atoms. The second kappa shape index (κ2) is 4.61. The van der Waals surface area contributed by atoms with Gasteiger partial charge in [-0.2, -0.15) is 0 Å². The van der Waals surface area contributed by atoms with Crippen LogP contribution in [0.5, 0.6) is 5.88 Å². The molecule has 0 aromatic carbocycles. The van der Waals surface area contributed by atoms with E-state index >= 15 is 0 Å². The molecule has 0 aliphatic heterocycles. The van der Waals surface area contributed by atoms with Crippen LogP contribution < -0.4 is 4.74 Å². The molecule has 0 N–H and O–H groups in total. The van der Waals surface area contributed by atoms with Gasteiger partial charge in [0.1, 0.15) is 0 Å². The van der Waals surface area contributed by atoms with E-state index in [4.69, 9.17) is 4.74 Å². The largest absolute Gasteiger partial charge is 0.466 e. The van der Waals surface area contributed by atoms with E-state index in [0.29, 0.717) is 5.88 Å². The Morgan fingerprint density at radius 2 is 2.20 bits per heavy atom. The lowest BCUT2D eigenvalue weighted by Gasteiger charge is -2.22. The van der Waals surface area contributed by atoms with Crippen LogP contribution in [0.25, 0.3) is 0 Å². The van der Waals surface area contributed by atoms with E-state index in [9.17, 15) is 4.79 Å². The lowest BCUT2D eigenvalue weighted by molar-refractivity contribution is -0.156. The van der Waals surface area contributed by atoms with Crippen molar-refractivity contribution in [2.75, 3.05) is 7.11 Å². The number of hydrogen-bond acceptors (Lipinski definition) is 4. The summed E-state index contributed by atoms with van der Waals surface area (Å²) in [7, 11) is 1.32. The molecule has 0 saturated heterocycles. The first kappa shape index (κ1) is 12.0. The molecule has 0 radical (unpaired) electrons. The maximum atomic E-state index is 11.3. The maximum absolute atomic E-state index is 11.3. The molecule has 1 heterocycles. The number of halogens is 1. The molecule has 1 aromatic heterocycles. The van der Waals surface area contributed by atoms with E-state index in [1.165, 1.54) is 7.11 Å². The van der Waals surface area contributed by atoms with Crippen molar-refractivity contribution in [3.05, 3.63) is 22.8 Å². The lowest BCUT2D eigenvalue weighted by Crippen LogP contribution is -2.39. The Hall–Kier alpha value is -1.10. The number of hydrogen-bond donors (Lipinski definition) is 0. The van der Waals surface area contributed by atoms with Gasteiger partial charge in [0, 0.05) is 16.7 Å². The molecule has 5 heteroatoms. The van der Waals surface area contributed by atoms with Gasteiger partial charge in [0.05, 0.1) is 7.11 Å². The molecule has 0 amide bonds. The van der Waals surface area contributed by atoms with Crippen LogP contribution in [0.15, 0.2) is 22.8 Å². The average Bonchev–Trinajstić information content (AvgIpc) is 2.15. The van der Waals surface area contributed by atoms with Gasteiger partial charge in [-0.05, 0) is 19.9 Å². The fourth-order valence-corrected chi connectivity index (χ4v) is 1.30. The third-order valence-electron chi connectivity index (χ3n) is 1.73. The molecule has 0 saturated carbocycles. The van der Waals surface area contributed by atoms with Crippen LogP contribution in [-0.4, -0.2) is 23.7 Å². The Kier molecular flexibility index (Phi) is 3.68. The Labute approximate surface area is 96.7 Å². The topological polar surface area (TPSA) is 48.4 Å². The first-order chi connectivity index (χ1) is 6.95. The fraction of sp³-hybridized carbons (Fsp3) is 0.400. The monoisotopic (exact) mass is 273 g/mol. The molecular weight excluding hydrogens is 262 g/mol. The molecule has 0 aliphatic carbocycles. The molecule has 0 unspecified atom stereocenters. The molecule has 1 rings (SSSR count). The highest BCUT2D eigenvalue weighted by Crippen LogP contribution is 2.20. The number of pyridine rings is 1. The first-order valence-corrected chi connectivity index (χ1v) is 5.14. The smallest absolute Gasteiger partial charge is 0.349 e. The van der Waals surface area contributed by atoms with Crippen LogP contribution in [0.2, 0.25) is 0 Å². The number of carbonyl (C=O) groups excluding carboxylic acids is 1. The zero-order valence-electron chi connectivity index (χ0n) is 8.78. The summed E-state index contributed by atoms with van der Waals surface area (Å²) in [5, 5.41) is 0. The van der Waals surface area contributed by atoms with Crippen molar-refractivity contribution in [1.29, 1.82) is 0 Å². The quantitative estimate of drug-likeness (QED) is 0.792. The van der Waals surface area contributed by atoms with Crippen LogP contribution >= 0.6 is 15.9 Å². The summed E-state index contributed by atoms with van der Waals surface area (Å²) < 4.78 is 10.9. The molecule has 82 valence electrons. The number of carbonyl (C=O) groups is 1. The molecule has 15 heavy (non-hydrogen) atoms. The van der Waals surface area contributed by atoms with Crippen LogP contribution in [0.4, 0.5) is 0 Å². The van der Waals surface area contributed by atoms with Crippen molar-refractivity contribution in [1.82, 2.24) is 4.98 Å². The molecule has 0 fully saturated rings. The number of ether oxygens (including phenoxy) is 2. The van der Waals surface area contributed by atoms with Crippen molar-refractivity contribution >= 4 is 21.9 Å². The minimum atomic E-state index is -1.04. The second-order valence-electron chi connectivity index (χ2n) is 3.42. The molecule has 1 aromatic rings. The van der Waals surface area contributed by atoms with Gasteiger partial charge in [-0.3, -0.25) is 0 Å². The summed E-state index contributed by atoms with van der Waals surface area (Å²) in [6.07, 6.45) is 1.59. The van der Waals surface area contributed by atoms with E-state index in [-0.39, 0.29) is 0 Å². The molecule has 4 nitrogen and oxygen atoms in total. The van der Waals surface area contributed by atoms with Crippen LogP contribution in [0.3, 0.4) is 0 Å². The summed E-state index contributed by atoms with van der Waals surface area (Å²) in [5.74, 6) is -0.0657. The third kappa shape index (κ3) is 3.20. The van der Waals surface area contributed by atoms with Gasteiger partial charge < -0.3 is 9.47 Å². The Morgan fingerprint density at radius 1 is 1.53 bits per heavy atom. The third-order valence-corrected chi connectivity index (χ3v) is 2.23. The standard InChI is InChI=1S/C10H12BrNO3/c1-10(2,9(13)14-3)15-8-6-7(11)4-5-12-8/h4-6H,1-3H3. The van der Waals surface area contributed by atoms with E-state index in [0.717, 1.165) is 4.47 Å². The number of nitrogens with zero attached hydrogens (tertiary/aromatic N) is 1. The van der Waals surface area contributed by atoms with E-state index < -0.39 is 11.6 Å². The lowest BCUT2D eigenvalue weighted by atomic mass is 10.1. The highest BCUT2D eigenvalue weighted by Gasteiger charge is 2.31. The highest BCUT2D eigenvalue weighted by molar-refractivity contribution is 9.10. The van der Waals surface area contributed by atoms with Crippen LogP contribution in [-0.2, 0) is 9.53 Å². The minimum Gasteiger partial charge on any atom is -0.466 e. The van der Waals surface area contributed by atoms with Gasteiger partial charge in [0.2, 0.25) is 11.5 Å². The second-order valence-corrected chi connectivity index (χ2v) is 4.33. The van der Waals surface area contributed by atoms with Gasteiger partial charge in [-0.1, -0.05) is 15.9 Å². The van der Waals surface area contributed by atoms with E-state index in [1.807, 2.05) is 0 Å². The summed E-state index contributed by atoms with van der Waals surface area (Å²) in [4.78, 5) is 15.3. The molecule has 0 atom stereocenters. The highest BCUT2D eigenvalue weighted by atomic mass is 79.9.